The highest BCUT2D eigenvalue weighted by Crippen LogP contribution is 2.22. The predicted molar refractivity (Wildman–Crippen MR) is 96.6 cm³/mol. The van der Waals surface area contributed by atoms with Crippen molar-refractivity contribution in [3.63, 3.8) is 0 Å². The number of hydrogen-bond acceptors (Lipinski definition) is 5. The second-order valence-electron chi connectivity index (χ2n) is 5.74. The molecule has 0 bridgehead atoms. The van der Waals surface area contributed by atoms with Gasteiger partial charge in [-0.2, -0.15) is 5.26 Å². The molecule has 130 valence electrons. The maximum absolute atomic E-state index is 12.4. The second-order valence-corrected chi connectivity index (χ2v) is 5.74. The van der Waals surface area contributed by atoms with E-state index >= 15 is 0 Å². The molecule has 3 rings (SSSR count). The molecule has 2 aromatic carbocycles. The van der Waals surface area contributed by atoms with Crippen molar-refractivity contribution in [2.24, 2.45) is 0 Å². The Hall–Kier alpha value is -3.59. The summed E-state index contributed by atoms with van der Waals surface area (Å²) in [4.78, 5) is 16.5. The summed E-state index contributed by atoms with van der Waals surface area (Å²) in [6, 6.07) is 15.9. The van der Waals surface area contributed by atoms with Crippen LogP contribution in [0.1, 0.15) is 18.2 Å². The zero-order chi connectivity index (χ0) is 18.5. The third kappa shape index (κ3) is 4.08. The summed E-state index contributed by atoms with van der Waals surface area (Å²) in [5, 5.41) is 11.6. The van der Waals surface area contributed by atoms with Crippen LogP contribution < -0.4 is 10.1 Å². The fraction of sp³-hybridized carbons (Fsp3) is 0.150. The molecule has 1 N–H and O–H groups in total. The lowest BCUT2D eigenvalue weighted by atomic mass is 10.2. The summed E-state index contributed by atoms with van der Waals surface area (Å²) in [5.41, 5.74) is 1.93. The van der Waals surface area contributed by atoms with E-state index in [1.54, 1.807) is 49.5 Å². The number of nitrogens with zero attached hydrogens (tertiary/aromatic N) is 2. The first-order valence-corrected chi connectivity index (χ1v) is 8.06. The maximum Gasteiger partial charge on any atom is 0.265 e. The minimum atomic E-state index is -0.699. The minimum Gasteiger partial charge on any atom is -0.481 e. The Kier molecular flexibility index (Phi) is 4.99. The van der Waals surface area contributed by atoms with Gasteiger partial charge < -0.3 is 14.5 Å². The first-order chi connectivity index (χ1) is 12.5. The lowest BCUT2D eigenvalue weighted by Gasteiger charge is -2.15. The predicted octanol–water partition coefficient (Wildman–Crippen LogP) is 3.93. The molecule has 6 nitrogen and oxygen atoms in total. The highest BCUT2D eigenvalue weighted by Gasteiger charge is 2.15. The largest absolute Gasteiger partial charge is 0.481 e. The van der Waals surface area contributed by atoms with Crippen LogP contribution in [0.15, 0.2) is 59.1 Å². The smallest absolute Gasteiger partial charge is 0.265 e. The Morgan fingerprint density at radius 1 is 1.27 bits per heavy atom. The molecule has 0 aliphatic heterocycles. The van der Waals surface area contributed by atoms with Gasteiger partial charge in [0.05, 0.1) is 17.8 Å². The molecule has 0 aliphatic rings. The normalized spacial score (nSPS) is 11.4. The number of anilines is 1. The van der Waals surface area contributed by atoms with E-state index in [4.69, 9.17) is 14.4 Å². The van der Waals surface area contributed by atoms with Gasteiger partial charge in [0.2, 0.25) is 5.89 Å². The van der Waals surface area contributed by atoms with Crippen molar-refractivity contribution in [3.8, 4) is 23.3 Å². The number of oxazole rings is 1. The van der Waals surface area contributed by atoms with E-state index < -0.39 is 6.10 Å². The molecule has 0 unspecified atom stereocenters. The molecule has 1 atom stereocenters. The summed E-state index contributed by atoms with van der Waals surface area (Å²) in [5.74, 6) is 1.46. The molecule has 0 fully saturated rings. The number of carbonyl (C=O) groups is 1. The van der Waals surface area contributed by atoms with E-state index in [2.05, 4.69) is 10.3 Å². The summed E-state index contributed by atoms with van der Waals surface area (Å²) in [6.07, 6.45) is 0.948. The average molecular weight is 347 g/mol. The first-order valence-electron chi connectivity index (χ1n) is 8.06. The number of carbonyl (C=O) groups excluding carboxylic acids is 1. The Labute approximate surface area is 151 Å². The zero-order valence-corrected chi connectivity index (χ0v) is 14.4. The van der Waals surface area contributed by atoms with Crippen LogP contribution in [0, 0.1) is 18.3 Å². The molecule has 26 heavy (non-hydrogen) atoms. The lowest BCUT2D eigenvalue weighted by molar-refractivity contribution is -0.122. The molecule has 1 aromatic heterocycles. The molecular formula is C20H17N3O3. The van der Waals surface area contributed by atoms with Crippen molar-refractivity contribution >= 4 is 11.6 Å². The quantitative estimate of drug-likeness (QED) is 0.755. The van der Waals surface area contributed by atoms with Crippen LogP contribution in [0.25, 0.3) is 11.5 Å². The van der Waals surface area contributed by atoms with Crippen molar-refractivity contribution in [2.75, 3.05) is 5.32 Å². The molecule has 0 aliphatic carbocycles. The SMILES string of the molecule is Cc1cnc(-c2cccc(NC(=O)[C@@H](C)Oc3ccc(C#N)cc3)c2)o1. The number of aryl methyl sites for hydroxylation is 1. The Bertz CT molecular complexity index is 955. The van der Waals surface area contributed by atoms with E-state index in [0.29, 0.717) is 22.9 Å². The molecule has 1 heterocycles. The number of rotatable bonds is 5. The first kappa shape index (κ1) is 17.2. The third-order valence-corrected chi connectivity index (χ3v) is 3.66. The summed E-state index contributed by atoms with van der Waals surface area (Å²) in [6.45, 7) is 3.49. The van der Waals surface area contributed by atoms with Crippen molar-refractivity contribution in [1.82, 2.24) is 4.98 Å². The number of nitrogens with one attached hydrogen (secondary N) is 1. The van der Waals surface area contributed by atoms with Crippen molar-refractivity contribution < 1.29 is 13.9 Å². The fourth-order valence-corrected chi connectivity index (χ4v) is 2.33. The van der Waals surface area contributed by atoms with Crippen LogP contribution in [0.5, 0.6) is 5.75 Å². The van der Waals surface area contributed by atoms with Crippen LogP contribution in [0.3, 0.4) is 0 Å². The second kappa shape index (κ2) is 7.53. The Morgan fingerprint density at radius 3 is 2.69 bits per heavy atom. The van der Waals surface area contributed by atoms with E-state index in [9.17, 15) is 4.79 Å². The van der Waals surface area contributed by atoms with Crippen LogP contribution >= 0.6 is 0 Å². The van der Waals surface area contributed by atoms with Gasteiger partial charge in [0.1, 0.15) is 11.5 Å². The van der Waals surface area contributed by atoms with Crippen LogP contribution in [-0.2, 0) is 4.79 Å². The third-order valence-electron chi connectivity index (χ3n) is 3.66. The monoisotopic (exact) mass is 347 g/mol. The molecule has 1 amide bonds. The van der Waals surface area contributed by atoms with E-state index in [1.165, 1.54) is 0 Å². The van der Waals surface area contributed by atoms with E-state index in [-0.39, 0.29) is 5.91 Å². The van der Waals surface area contributed by atoms with Crippen molar-refractivity contribution in [1.29, 1.82) is 5.26 Å². The standard InChI is InChI=1S/C20H17N3O3/c1-13-12-22-20(25-13)16-4-3-5-17(10-16)23-19(24)14(2)26-18-8-6-15(11-21)7-9-18/h3-10,12,14H,1-2H3,(H,23,24)/t14-/m1/s1. The number of nitriles is 1. The van der Waals surface area contributed by atoms with Gasteiger partial charge in [-0.3, -0.25) is 4.79 Å². The van der Waals surface area contributed by atoms with Gasteiger partial charge in [-0.25, -0.2) is 4.98 Å². The van der Waals surface area contributed by atoms with Gasteiger partial charge in [0.15, 0.2) is 6.10 Å². The maximum atomic E-state index is 12.4. The van der Waals surface area contributed by atoms with Crippen LogP contribution in [0.2, 0.25) is 0 Å². The number of hydrogen-bond donors (Lipinski definition) is 1. The molecule has 0 spiro atoms. The van der Waals surface area contributed by atoms with Gasteiger partial charge >= 0.3 is 0 Å². The number of amides is 1. The number of ether oxygens (including phenoxy) is 1. The van der Waals surface area contributed by atoms with Crippen molar-refractivity contribution in [3.05, 3.63) is 66.1 Å². The minimum absolute atomic E-state index is 0.282. The Balaban J connectivity index is 1.66. The molecule has 6 heteroatoms. The molecule has 0 radical (unpaired) electrons. The van der Waals surface area contributed by atoms with Gasteiger partial charge in [0, 0.05) is 11.3 Å². The van der Waals surface area contributed by atoms with Gasteiger partial charge in [-0.15, -0.1) is 0 Å². The molecule has 3 aromatic rings. The molecular weight excluding hydrogens is 330 g/mol. The lowest BCUT2D eigenvalue weighted by Crippen LogP contribution is -2.30. The summed E-state index contributed by atoms with van der Waals surface area (Å²) >= 11 is 0. The molecule has 0 saturated carbocycles. The topological polar surface area (TPSA) is 88.1 Å². The van der Waals surface area contributed by atoms with E-state index in [0.717, 1.165) is 11.3 Å². The zero-order valence-electron chi connectivity index (χ0n) is 14.4. The molecule has 0 saturated heterocycles. The van der Waals surface area contributed by atoms with Gasteiger partial charge in [-0.05, 0) is 56.3 Å². The van der Waals surface area contributed by atoms with Crippen LogP contribution in [-0.4, -0.2) is 17.0 Å². The summed E-state index contributed by atoms with van der Waals surface area (Å²) < 4.78 is 11.1. The highest BCUT2D eigenvalue weighted by molar-refractivity contribution is 5.94. The van der Waals surface area contributed by atoms with Crippen molar-refractivity contribution in [2.45, 2.75) is 20.0 Å². The number of aromatic nitrogens is 1. The van der Waals surface area contributed by atoms with Gasteiger partial charge in [-0.1, -0.05) is 6.07 Å². The van der Waals surface area contributed by atoms with Gasteiger partial charge in [0.25, 0.3) is 5.91 Å². The highest BCUT2D eigenvalue weighted by atomic mass is 16.5. The Morgan fingerprint density at radius 2 is 2.04 bits per heavy atom. The van der Waals surface area contributed by atoms with Crippen LogP contribution in [0.4, 0.5) is 5.69 Å². The van der Waals surface area contributed by atoms with E-state index in [1.807, 2.05) is 25.1 Å². The average Bonchev–Trinajstić information content (AvgIpc) is 3.09. The number of benzene rings is 2. The summed E-state index contributed by atoms with van der Waals surface area (Å²) in [7, 11) is 0. The fourth-order valence-electron chi connectivity index (χ4n) is 2.33.